The molecule has 0 unspecified atom stereocenters. The molecule has 1 aliphatic rings. The van der Waals surface area contributed by atoms with Crippen LogP contribution in [0.5, 0.6) is 0 Å². The molecule has 0 radical (unpaired) electrons. The number of anilines is 1. The molecule has 1 fully saturated rings. The number of methoxy groups -OCH3 is 1. The van der Waals surface area contributed by atoms with E-state index in [4.69, 9.17) is 5.73 Å². The van der Waals surface area contributed by atoms with Crippen molar-refractivity contribution in [2.24, 2.45) is 0 Å². The van der Waals surface area contributed by atoms with E-state index in [1.807, 2.05) is 6.92 Å². The number of carbonyl (C=O) groups excluding carboxylic acids is 1. The van der Waals surface area contributed by atoms with Crippen molar-refractivity contribution in [2.75, 3.05) is 51.1 Å². The third kappa shape index (κ3) is 2.13. The van der Waals surface area contributed by atoms with E-state index < -0.39 is 5.97 Å². The normalized spacial score (nSPS) is 16.9. The maximum Gasteiger partial charge on any atom is 0.360 e. The fourth-order valence-corrected chi connectivity index (χ4v) is 2.14. The first-order valence-electron chi connectivity index (χ1n) is 5.91. The molecule has 1 aromatic rings. The second-order valence-electron chi connectivity index (χ2n) is 4.45. The molecule has 0 atom stereocenters. The van der Waals surface area contributed by atoms with Crippen molar-refractivity contribution in [3.63, 3.8) is 0 Å². The van der Waals surface area contributed by atoms with Crippen molar-refractivity contribution in [3.05, 3.63) is 11.5 Å². The fraction of sp³-hybridized carbons (Fsp3) is 0.636. The summed E-state index contributed by atoms with van der Waals surface area (Å²) in [5.41, 5.74) is 6.18. The highest BCUT2D eigenvalue weighted by Gasteiger charge is 2.24. The van der Waals surface area contributed by atoms with E-state index in [1.54, 1.807) is 4.68 Å². The second kappa shape index (κ2) is 4.85. The van der Waals surface area contributed by atoms with E-state index in [9.17, 15) is 4.79 Å². The monoisotopic (exact) mass is 253 g/mol. The highest BCUT2D eigenvalue weighted by Crippen LogP contribution is 2.16. The lowest BCUT2D eigenvalue weighted by Crippen LogP contribution is -2.50. The summed E-state index contributed by atoms with van der Waals surface area (Å²) in [5.74, 6) is 0.560. The van der Waals surface area contributed by atoms with Gasteiger partial charge in [-0.3, -0.25) is 0 Å². The highest BCUT2D eigenvalue weighted by atomic mass is 16.5. The number of hydrogen-bond donors (Lipinski definition) is 1. The number of hydrogen-bond acceptors (Lipinski definition) is 6. The average molecular weight is 253 g/mol. The smallest absolute Gasteiger partial charge is 0.360 e. The third-order valence-corrected chi connectivity index (χ3v) is 3.19. The van der Waals surface area contributed by atoms with Gasteiger partial charge < -0.3 is 20.4 Å². The number of nitrogens with zero attached hydrogens (tertiary/aromatic N) is 4. The van der Waals surface area contributed by atoms with E-state index in [1.165, 1.54) is 7.11 Å². The van der Waals surface area contributed by atoms with E-state index in [2.05, 4.69) is 26.7 Å². The molecule has 7 nitrogen and oxygen atoms in total. The van der Waals surface area contributed by atoms with Gasteiger partial charge in [-0.15, -0.1) is 0 Å². The number of aryl methyl sites for hydroxylation is 1. The Labute approximate surface area is 106 Å². The summed E-state index contributed by atoms with van der Waals surface area (Å²) in [6.07, 6.45) is 0. The Bertz CT molecular complexity index is 449. The predicted octanol–water partition coefficient (Wildman–Crippen LogP) is -0.556. The quantitative estimate of drug-likeness (QED) is 0.712. The second-order valence-corrected chi connectivity index (χ2v) is 4.45. The summed E-state index contributed by atoms with van der Waals surface area (Å²) in [4.78, 5) is 18.0. The summed E-state index contributed by atoms with van der Waals surface area (Å²) in [6.45, 7) is 5.48. The van der Waals surface area contributed by atoms with Crippen LogP contribution in [0.4, 0.5) is 5.82 Å². The zero-order valence-corrected chi connectivity index (χ0v) is 11.0. The maximum absolute atomic E-state index is 11.5. The lowest BCUT2D eigenvalue weighted by molar-refractivity contribution is 0.0595. The molecule has 7 heteroatoms. The van der Waals surface area contributed by atoms with Crippen LogP contribution in [0.2, 0.25) is 0 Å². The summed E-state index contributed by atoms with van der Waals surface area (Å²) in [7, 11) is 3.41. The van der Waals surface area contributed by atoms with Gasteiger partial charge in [-0.2, -0.15) is 0 Å². The first kappa shape index (κ1) is 12.7. The largest absolute Gasteiger partial charge is 0.464 e. The molecule has 1 saturated heterocycles. The van der Waals surface area contributed by atoms with Crippen LogP contribution in [0.25, 0.3) is 0 Å². The van der Waals surface area contributed by atoms with Crippen molar-refractivity contribution >= 4 is 11.8 Å². The standard InChI is InChI=1S/C11H19N5O2/c1-8-13-9(11(17)18-3)10(12)16(8)15-6-4-14(2)5-7-15/h4-7,12H2,1-3H3. The van der Waals surface area contributed by atoms with Crippen LogP contribution in [0.3, 0.4) is 0 Å². The van der Waals surface area contributed by atoms with Crippen LogP contribution < -0.4 is 10.7 Å². The zero-order chi connectivity index (χ0) is 13.3. The number of imidazole rings is 1. The van der Waals surface area contributed by atoms with Crippen LogP contribution in [-0.4, -0.2) is 60.9 Å². The van der Waals surface area contributed by atoms with Crippen LogP contribution in [0.1, 0.15) is 16.3 Å². The molecule has 2 N–H and O–H groups in total. The molecule has 0 bridgehead atoms. The van der Waals surface area contributed by atoms with E-state index in [-0.39, 0.29) is 5.69 Å². The van der Waals surface area contributed by atoms with Gasteiger partial charge in [-0.1, -0.05) is 0 Å². The minimum absolute atomic E-state index is 0.189. The lowest BCUT2D eigenvalue weighted by atomic mass is 10.4. The van der Waals surface area contributed by atoms with Crippen molar-refractivity contribution < 1.29 is 9.53 Å². The Balaban J connectivity index is 2.28. The molecular formula is C11H19N5O2. The van der Waals surface area contributed by atoms with Gasteiger partial charge in [0.25, 0.3) is 0 Å². The van der Waals surface area contributed by atoms with E-state index in [0.717, 1.165) is 26.2 Å². The van der Waals surface area contributed by atoms with Gasteiger partial charge in [0.15, 0.2) is 11.5 Å². The number of carbonyl (C=O) groups is 1. The maximum atomic E-state index is 11.5. The minimum atomic E-state index is -0.497. The molecule has 0 amide bonds. The van der Waals surface area contributed by atoms with Crippen LogP contribution >= 0.6 is 0 Å². The molecule has 1 aliphatic heterocycles. The Morgan fingerprint density at radius 2 is 1.94 bits per heavy atom. The first-order chi connectivity index (χ1) is 8.54. The Kier molecular flexibility index (Phi) is 3.42. The number of likely N-dealkylation sites (N-methyl/N-ethyl adjacent to an activating group) is 1. The summed E-state index contributed by atoms with van der Waals surface area (Å²) < 4.78 is 6.47. The molecule has 100 valence electrons. The van der Waals surface area contributed by atoms with Crippen molar-refractivity contribution in [3.8, 4) is 0 Å². The Hall–Kier alpha value is -1.76. The van der Waals surface area contributed by atoms with Gasteiger partial charge in [-0.05, 0) is 14.0 Å². The van der Waals surface area contributed by atoms with Gasteiger partial charge in [0.05, 0.1) is 7.11 Å². The lowest BCUT2D eigenvalue weighted by Gasteiger charge is -2.35. The SMILES string of the molecule is COC(=O)c1nc(C)n(N2CCN(C)CC2)c1N. The molecule has 18 heavy (non-hydrogen) atoms. The van der Waals surface area contributed by atoms with Gasteiger partial charge in [0.1, 0.15) is 5.82 Å². The van der Waals surface area contributed by atoms with Crippen LogP contribution in [-0.2, 0) is 4.74 Å². The molecule has 2 rings (SSSR count). The fourth-order valence-electron chi connectivity index (χ4n) is 2.14. The van der Waals surface area contributed by atoms with Crippen molar-refractivity contribution in [1.82, 2.24) is 14.6 Å². The number of piperazine rings is 1. The third-order valence-electron chi connectivity index (χ3n) is 3.19. The number of esters is 1. The summed E-state index contributed by atoms with van der Waals surface area (Å²) in [6, 6.07) is 0. The topological polar surface area (TPSA) is 76.6 Å². The number of nitrogen functional groups attached to an aromatic ring is 1. The van der Waals surface area contributed by atoms with Crippen molar-refractivity contribution in [2.45, 2.75) is 6.92 Å². The number of nitrogens with two attached hydrogens (primary N) is 1. The number of aromatic nitrogens is 2. The molecule has 0 spiro atoms. The summed E-state index contributed by atoms with van der Waals surface area (Å²) in [5, 5.41) is 2.10. The molecule has 0 saturated carbocycles. The predicted molar refractivity (Wildman–Crippen MR) is 68.2 cm³/mol. The molecule has 2 heterocycles. The van der Waals surface area contributed by atoms with E-state index >= 15 is 0 Å². The van der Waals surface area contributed by atoms with Gasteiger partial charge >= 0.3 is 5.97 Å². The van der Waals surface area contributed by atoms with Gasteiger partial charge in [0, 0.05) is 26.2 Å². The first-order valence-corrected chi connectivity index (χ1v) is 5.91. The Morgan fingerprint density at radius 3 is 2.50 bits per heavy atom. The highest BCUT2D eigenvalue weighted by molar-refractivity contribution is 5.92. The number of ether oxygens (including phenoxy) is 1. The molecular weight excluding hydrogens is 234 g/mol. The summed E-state index contributed by atoms with van der Waals surface area (Å²) >= 11 is 0. The molecule has 0 aromatic carbocycles. The van der Waals surface area contributed by atoms with Gasteiger partial charge in [-0.25, -0.2) is 14.5 Å². The number of rotatable bonds is 2. The van der Waals surface area contributed by atoms with Gasteiger partial charge in [0.2, 0.25) is 0 Å². The zero-order valence-electron chi connectivity index (χ0n) is 11.0. The minimum Gasteiger partial charge on any atom is -0.464 e. The van der Waals surface area contributed by atoms with Crippen molar-refractivity contribution in [1.29, 1.82) is 0 Å². The Morgan fingerprint density at radius 1 is 1.33 bits per heavy atom. The average Bonchev–Trinajstić information content (AvgIpc) is 2.65. The van der Waals surface area contributed by atoms with Crippen LogP contribution in [0, 0.1) is 6.92 Å². The molecule has 0 aliphatic carbocycles. The van der Waals surface area contributed by atoms with Crippen LogP contribution in [0.15, 0.2) is 0 Å². The van der Waals surface area contributed by atoms with E-state index in [0.29, 0.717) is 11.6 Å². The molecule has 1 aromatic heterocycles.